The summed E-state index contributed by atoms with van der Waals surface area (Å²) in [6, 6.07) is 12.0. The molecule has 0 radical (unpaired) electrons. The van der Waals surface area contributed by atoms with Gasteiger partial charge in [0.15, 0.2) is 11.7 Å². The van der Waals surface area contributed by atoms with Crippen molar-refractivity contribution >= 4 is 5.96 Å². The van der Waals surface area contributed by atoms with E-state index in [1.807, 2.05) is 19.2 Å². The molecule has 0 fully saturated rings. The molecule has 26 heavy (non-hydrogen) atoms. The van der Waals surface area contributed by atoms with Gasteiger partial charge in [0.1, 0.15) is 12.4 Å². The number of furan rings is 1. The van der Waals surface area contributed by atoms with Gasteiger partial charge in [0.05, 0.1) is 6.26 Å². The van der Waals surface area contributed by atoms with Crippen molar-refractivity contribution in [3.8, 4) is 11.6 Å². The third-order valence-corrected chi connectivity index (χ3v) is 4.02. The number of aromatic amines is 1. The summed E-state index contributed by atoms with van der Waals surface area (Å²) < 4.78 is 5.31. The summed E-state index contributed by atoms with van der Waals surface area (Å²) >= 11 is 0. The second kappa shape index (κ2) is 8.33. The van der Waals surface area contributed by atoms with Crippen LogP contribution in [0.4, 0.5) is 0 Å². The van der Waals surface area contributed by atoms with E-state index in [1.165, 1.54) is 11.1 Å². The molecule has 0 aliphatic rings. The third-order valence-electron chi connectivity index (χ3n) is 4.02. The lowest BCUT2D eigenvalue weighted by Gasteiger charge is -2.22. The molecule has 0 unspecified atom stereocenters. The molecule has 0 aliphatic carbocycles. The summed E-state index contributed by atoms with van der Waals surface area (Å²) in [4.78, 5) is 11.2. The number of aryl methyl sites for hydroxylation is 1. The normalized spacial score (nSPS) is 11.6. The summed E-state index contributed by atoms with van der Waals surface area (Å²) in [5, 5.41) is 10.4. The van der Waals surface area contributed by atoms with Crippen LogP contribution < -0.4 is 5.32 Å². The van der Waals surface area contributed by atoms with Gasteiger partial charge in [0.2, 0.25) is 5.82 Å². The topological polar surface area (TPSA) is 82.3 Å². The second-order valence-electron chi connectivity index (χ2n) is 6.04. The second-order valence-corrected chi connectivity index (χ2v) is 6.04. The van der Waals surface area contributed by atoms with Crippen LogP contribution in [0.5, 0.6) is 0 Å². The number of hydrogen-bond donors (Lipinski definition) is 2. The van der Waals surface area contributed by atoms with Crippen LogP contribution in [0.2, 0.25) is 0 Å². The van der Waals surface area contributed by atoms with Crippen LogP contribution in [0.15, 0.2) is 52.1 Å². The summed E-state index contributed by atoms with van der Waals surface area (Å²) in [6.07, 6.45) is 1.60. The fraction of sp³-hybridized carbons (Fsp3) is 0.316. The number of guanidine groups is 1. The first kappa shape index (κ1) is 17.7. The van der Waals surface area contributed by atoms with Gasteiger partial charge in [-0.15, -0.1) is 5.10 Å². The Morgan fingerprint density at radius 1 is 1.27 bits per heavy atom. The van der Waals surface area contributed by atoms with Crippen LogP contribution in [0.25, 0.3) is 11.6 Å². The molecule has 2 heterocycles. The Labute approximate surface area is 153 Å². The smallest absolute Gasteiger partial charge is 0.216 e. The van der Waals surface area contributed by atoms with Crippen LogP contribution >= 0.6 is 0 Å². The number of rotatable bonds is 6. The summed E-state index contributed by atoms with van der Waals surface area (Å²) in [7, 11) is 2.03. The summed E-state index contributed by atoms with van der Waals surface area (Å²) in [5.41, 5.74) is 2.55. The molecule has 0 bridgehead atoms. The Hall–Kier alpha value is -3.09. The Morgan fingerprint density at radius 2 is 2.12 bits per heavy atom. The molecular formula is C19H24N6O. The molecule has 3 aromatic rings. The molecule has 7 nitrogen and oxygen atoms in total. The average Bonchev–Trinajstić information content (AvgIpc) is 3.32. The fourth-order valence-electron chi connectivity index (χ4n) is 2.62. The van der Waals surface area contributed by atoms with Crippen molar-refractivity contribution in [2.45, 2.75) is 26.9 Å². The number of benzene rings is 1. The molecule has 2 N–H and O–H groups in total. The van der Waals surface area contributed by atoms with Gasteiger partial charge in [-0.25, -0.2) is 9.98 Å². The molecule has 0 spiro atoms. The molecule has 0 saturated heterocycles. The van der Waals surface area contributed by atoms with Crippen LogP contribution in [0.1, 0.15) is 23.9 Å². The zero-order valence-corrected chi connectivity index (χ0v) is 15.4. The number of nitrogens with one attached hydrogen (secondary N) is 2. The highest BCUT2D eigenvalue weighted by atomic mass is 16.3. The minimum absolute atomic E-state index is 0.411. The van der Waals surface area contributed by atoms with E-state index >= 15 is 0 Å². The Morgan fingerprint density at radius 3 is 2.85 bits per heavy atom. The highest BCUT2D eigenvalue weighted by Crippen LogP contribution is 2.14. The molecule has 1 aromatic carbocycles. The maximum Gasteiger partial charge on any atom is 0.216 e. The highest BCUT2D eigenvalue weighted by molar-refractivity contribution is 5.79. The monoisotopic (exact) mass is 352 g/mol. The average molecular weight is 352 g/mol. The molecule has 0 amide bonds. The molecule has 3 rings (SSSR count). The predicted molar refractivity (Wildman–Crippen MR) is 102 cm³/mol. The van der Waals surface area contributed by atoms with Gasteiger partial charge in [0, 0.05) is 20.1 Å². The van der Waals surface area contributed by atoms with Crippen LogP contribution in [-0.4, -0.2) is 39.6 Å². The molecule has 7 heteroatoms. The predicted octanol–water partition coefficient (Wildman–Crippen LogP) is 2.97. The fourth-order valence-corrected chi connectivity index (χ4v) is 2.62. The number of H-pyrrole nitrogens is 1. The molecule has 0 saturated carbocycles. The summed E-state index contributed by atoms with van der Waals surface area (Å²) in [6.45, 7) is 6.17. The van der Waals surface area contributed by atoms with Crippen molar-refractivity contribution in [3.05, 3.63) is 59.6 Å². The van der Waals surface area contributed by atoms with E-state index in [1.54, 1.807) is 6.26 Å². The third kappa shape index (κ3) is 4.30. The van der Waals surface area contributed by atoms with Gasteiger partial charge in [-0.05, 0) is 37.1 Å². The van der Waals surface area contributed by atoms with Gasteiger partial charge in [-0.2, -0.15) is 0 Å². The van der Waals surface area contributed by atoms with Gasteiger partial charge in [-0.3, -0.25) is 5.10 Å². The molecular weight excluding hydrogens is 328 g/mol. The van der Waals surface area contributed by atoms with E-state index in [0.717, 1.165) is 19.0 Å². The number of nitrogens with zero attached hydrogens (tertiary/aromatic N) is 4. The van der Waals surface area contributed by atoms with Crippen molar-refractivity contribution in [1.82, 2.24) is 25.4 Å². The van der Waals surface area contributed by atoms with Crippen molar-refractivity contribution < 1.29 is 4.42 Å². The van der Waals surface area contributed by atoms with Crippen LogP contribution in [0, 0.1) is 6.92 Å². The van der Waals surface area contributed by atoms with Crippen LogP contribution in [-0.2, 0) is 13.1 Å². The molecule has 0 atom stereocenters. The van der Waals surface area contributed by atoms with E-state index in [-0.39, 0.29) is 0 Å². The van der Waals surface area contributed by atoms with Gasteiger partial charge in [0.25, 0.3) is 0 Å². The first-order valence-corrected chi connectivity index (χ1v) is 8.66. The van der Waals surface area contributed by atoms with Crippen molar-refractivity contribution in [3.63, 3.8) is 0 Å². The number of aromatic nitrogens is 3. The Kier molecular flexibility index (Phi) is 5.68. The van der Waals surface area contributed by atoms with E-state index in [9.17, 15) is 0 Å². The van der Waals surface area contributed by atoms with E-state index in [0.29, 0.717) is 24.0 Å². The van der Waals surface area contributed by atoms with E-state index in [4.69, 9.17) is 4.42 Å². The largest absolute Gasteiger partial charge is 0.461 e. The minimum Gasteiger partial charge on any atom is -0.461 e. The molecule has 136 valence electrons. The maximum absolute atomic E-state index is 5.31. The van der Waals surface area contributed by atoms with Crippen molar-refractivity contribution in [1.29, 1.82) is 0 Å². The van der Waals surface area contributed by atoms with E-state index < -0.39 is 0 Å². The first-order chi connectivity index (χ1) is 12.7. The maximum atomic E-state index is 5.31. The lowest BCUT2D eigenvalue weighted by Crippen LogP contribution is -2.38. The quantitative estimate of drug-likeness (QED) is 0.526. The summed E-state index contributed by atoms with van der Waals surface area (Å²) in [5.74, 6) is 2.70. The molecule has 0 aliphatic heterocycles. The Bertz CT molecular complexity index is 853. The minimum atomic E-state index is 0.411. The van der Waals surface area contributed by atoms with Gasteiger partial charge in [-0.1, -0.05) is 24.3 Å². The lowest BCUT2D eigenvalue weighted by molar-refractivity contribution is 0.475. The Balaban J connectivity index is 1.69. The van der Waals surface area contributed by atoms with Gasteiger partial charge >= 0.3 is 0 Å². The first-order valence-electron chi connectivity index (χ1n) is 8.66. The van der Waals surface area contributed by atoms with Crippen LogP contribution in [0.3, 0.4) is 0 Å². The van der Waals surface area contributed by atoms with E-state index in [2.05, 4.69) is 68.5 Å². The zero-order valence-electron chi connectivity index (χ0n) is 15.4. The lowest BCUT2D eigenvalue weighted by atomic mass is 10.1. The highest BCUT2D eigenvalue weighted by Gasteiger charge is 2.10. The van der Waals surface area contributed by atoms with Crippen molar-refractivity contribution in [2.75, 3.05) is 13.6 Å². The number of aliphatic imine (C=N–C) groups is 1. The molecule has 2 aromatic heterocycles. The van der Waals surface area contributed by atoms with Crippen molar-refractivity contribution in [2.24, 2.45) is 4.99 Å². The van der Waals surface area contributed by atoms with Gasteiger partial charge < -0.3 is 14.6 Å². The number of hydrogen-bond acceptors (Lipinski definition) is 4. The standard InChI is InChI=1S/C19H24N6O/c1-4-20-19(25(3)13-15-9-6-5-8-14(15)2)21-12-17-22-18(24-23-17)16-10-7-11-26-16/h5-11H,4,12-13H2,1-3H3,(H,20,21)(H,22,23,24). The zero-order chi connectivity index (χ0) is 18.4. The SMILES string of the molecule is CCNC(=NCc1nc(-c2ccco2)n[nH]1)N(C)Cc1ccccc1C.